The highest BCUT2D eigenvalue weighted by Crippen LogP contribution is 2.25. The van der Waals surface area contributed by atoms with Crippen molar-refractivity contribution < 1.29 is 18.7 Å². The van der Waals surface area contributed by atoms with Crippen LogP contribution in [0.1, 0.15) is 15.9 Å². The van der Waals surface area contributed by atoms with Crippen molar-refractivity contribution in [1.29, 1.82) is 5.26 Å². The summed E-state index contributed by atoms with van der Waals surface area (Å²) >= 11 is 0. The molecule has 94 valence electrons. The van der Waals surface area contributed by atoms with E-state index in [2.05, 4.69) is 0 Å². The molecule has 0 aliphatic rings. The summed E-state index contributed by atoms with van der Waals surface area (Å²) in [5.74, 6) is -2.96. The lowest BCUT2D eigenvalue weighted by molar-refractivity contribution is 0.0692. The number of carboxylic acid groups (broad SMARTS) is 1. The molecule has 0 amide bonds. The van der Waals surface area contributed by atoms with Gasteiger partial charge >= 0.3 is 5.97 Å². The highest BCUT2D eigenvalue weighted by Gasteiger charge is 2.13. The molecular weight excluding hydrogens is 252 g/mol. The molecule has 0 spiro atoms. The molecular formula is C14H7F2NO2. The number of hydrogen-bond acceptors (Lipinski definition) is 2. The van der Waals surface area contributed by atoms with Gasteiger partial charge < -0.3 is 5.11 Å². The van der Waals surface area contributed by atoms with E-state index in [1.54, 1.807) is 0 Å². The third-order valence-electron chi connectivity index (χ3n) is 2.61. The topological polar surface area (TPSA) is 61.1 Å². The van der Waals surface area contributed by atoms with Crippen molar-refractivity contribution in [2.45, 2.75) is 0 Å². The molecule has 0 unspecified atom stereocenters. The second-order valence-corrected chi connectivity index (χ2v) is 3.81. The van der Waals surface area contributed by atoms with Crippen LogP contribution in [0.25, 0.3) is 11.1 Å². The van der Waals surface area contributed by atoms with Crippen molar-refractivity contribution in [3.63, 3.8) is 0 Å². The van der Waals surface area contributed by atoms with E-state index in [1.807, 2.05) is 6.07 Å². The molecule has 0 saturated carbocycles. The molecule has 0 bridgehead atoms. The molecule has 0 aromatic heterocycles. The standard InChI is InChI=1S/C14H7F2NO2/c15-12-4-1-8(7-17)5-11(12)9-2-3-10(14(18)19)13(16)6-9/h1-6H,(H,18,19). The van der Waals surface area contributed by atoms with Crippen LogP contribution in [0.5, 0.6) is 0 Å². The van der Waals surface area contributed by atoms with Crippen molar-refractivity contribution >= 4 is 5.97 Å². The number of aromatic carboxylic acids is 1. The Hall–Kier alpha value is -2.74. The third kappa shape index (κ3) is 2.43. The van der Waals surface area contributed by atoms with Crippen LogP contribution in [0.4, 0.5) is 8.78 Å². The maximum absolute atomic E-state index is 13.6. The number of nitrogens with zero attached hydrogens (tertiary/aromatic N) is 1. The van der Waals surface area contributed by atoms with E-state index in [-0.39, 0.29) is 16.7 Å². The van der Waals surface area contributed by atoms with Crippen molar-refractivity contribution in [2.24, 2.45) is 0 Å². The van der Waals surface area contributed by atoms with Crippen LogP contribution in [0.3, 0.4) is 0 Å². The Morgan fingerprint density at radius 2 is 1.84 bits per heavy atom. The van der Waals surface area contributed by atoms with Gasteiger partial charge in [-0.25, -0.2) is 13.6 Å². The summed E-state index contributed by atoms with van der Waals surface area (Å²) in [5.41, 5.74) is -0.0216. The van der Waals surface area contributed by atoms with Crippen LogP contribution in [0.15, 0.2) is 36.4 Å². The summed E-state index contributed by atoms with van der Waals surface area (Å²) in [4.78, 5) is 10.7. The first-order valence-corrected chi connectivity index (χ1v) is 5.26. The van der Waals surface area contributed by atoms with Gasteiger partial charge in [-0.05, 0) is 35.9 Å². The maximum Gasteiger partial charge on any atom is 0.338 e. The summed E-state index contributed by atoms with van der Waals surface area (Å²) in [6.07, 6.45) is 0. The summed E-state index contributed by atoms with van der Waals surface area (Å²) in [7, 11) is 0. The Labute approximate surface area is 107 Å². The van der Waals surface area contributed by atoms with Crippen LogP contribution < -0.4 is 0 Å². The van der Waals surface area contributed by atoms with Crippen molar-refractivity contribution in [3.05, 3.63) is 59.2 Å². The zero-order valence-electron chi connectivity index (χ0n) is 9.52. The van der Waals surface area contributed by atoms with Gasteiger partial charge in [-0.15, -0.1) is 0 Å². The van der Waals surface area contributed by atoms with Gasteiger partial charge in [0.1, 0.15) is 11.6 Å². The predicted octanol–water partition coefficient (Wildman–Crippen LogP) is 3.20. The lowest BCUT2D eigenvalue weighted by atomic mass is 10.0. The maximum atomic E-state index is 13.6. The van der Waals surface area contributed by atoms with E-state index < -0.39 is 23.2 Å². The van der Waals surface area contributed by atoms with Crippen LogP contribution >= 0.6 is 0 Å². The number of carboxylic acids is 1. The highest BCUT2D eigenvalue weighted by molar-refractivity contribution is 5.88. The summed E-state index contributed by atoms with van der Waals surface area (Å²) in [6, 6.07) is 8.84. The minimum atomic E-state index is -1.39. The van der Waals surface area contributed by atoms with E-state index in [0.717, 1.165) is 18.2 Å². The molecule has 0 saturated heterocycles. The molecule has 2 aromatic rings. The second kappa shape index (κ2) is 4.86. The predicted molar refractivity (Wildman–Crippen MR) is 63.5 cm³/mol. The summed E-state index contributed by atoms with van der Waals surface area (Å²) < 4.78 is 27.2. The normalized spacial score (nSPS) is 9.95. The minimum absolute atomic E-state index is 0.0508. The first-order valence-electron chi connectivity index (χ1n) is 5.26. The van der Waals surface area contributed by atoms with Crippen molar-refractivity contribution in [1.82, 2.24) is 0 Å². The smallest absolute Gasteiger partial charge is 0.338 e. The molecule has 2 aromatic carbocycles. The van der Waals surface area contributed by atoms with Crippen molar-refractivity contribution in [3.8, 4) is 17.2 Å². The quantitative estimate of drug-likeness (QED) is 0.900. The lowest BCUT2D eigenvalue weighted by Crippen LogP contribution is -2.00. The molecule has 19 heavy (non-hydrogen) atoms. The van der Waals surface area contributed by atoms with E-state index in [1.165, 1.54) is 18.2 Å². The van der Waals surface area contributed by atoms with Gasteiger partial charge in [0.2, 0.25) is 0 Å². The number of hydrogen-bond donors (Lipinski definition) is 1. The number of halogens is 2. The van der Waals surface area contributed by atoms with E-state index in [0.29, 0.717) is 0 Å². The Balaban J connectivity index is 2.57. The largest absolute Gasteiger partial charge is 0.478 e. The van der Waals surface area contributed by atoms with E-state index in [9.17, 15) is 13.6 Å². The molecule has 1 N–H and O–H groups in total. The van der Waals surface area contributed by atoms with Gasteiger partial charge in [-0.3, -0.25) is 0 Å². The van der Waals surface area contributed by atoms with Gasteiger partial charge in [-0.1, -0.05) is 6.07 Å². The first kappa shape index (κ1) is 12.7. The molecule has 0 fully saturated rings. The Morgan fingerprint density at radius 3 is 2.42 bits per heavy atom. The number of carbonyl (C=O) groups is 1. The minimum Gasteiger partial charge on any atom is -0.478 e. The number of rotatable bonds is 2. The monoisotopic (exact) mass is 259 g/mol. The lowest BCUT2D eigenvalue weighted by Gasteiger charge is -2.05. The van der Waals surface area contributed by atoms with E-state index >= 15 is 0 Å². The average molecular weight is 259 g/mol. The summed E-state index contributed by atoms with van der Waals surface area (Å²) in [6.45, 7) is 0. The van der Waals surface area contributed by atoms with Crippen molar-refractivity contribution in [2.75, 3.05) is 0 Å². The van der Waals surface area contributed by atoms with Gasteiger partial charge in [0.15, 0.2) is 0 Å². The molecule has 3 nitrogen and oxygen atoms in total. The van der Waals surface area contributed by atoms with Gasteiger partial charge in [0.25, 0.3) is 0 Å². The van der Waals surface area contributed by atoms with Gasteiger partial charge in [0.05, 0.1) is 17.2 Å². The Kier molecular flexibility index (Phi) is 3.25. The second-order valence-electron chi connectivity index (χ2n) is 3.81. The Bertz CT molecular complexity index is 705. The molecule has 0 aliphatic carbocycles. The average Bonchev–Trinajstić information content (AvgIpc) is 2.38. The molecule has 2 rings (SSSR count). The van der Waals surface area contributed by atoms with Crippen LogP contribution in [-0.2, 0) is 0 Å². The van der Waals surface area contributed by atoms with Crippen LogP contribution in [-0.4, -0.2) is 11.1 Å². The summed E-state index contributed by atoms with van der Waals surface area (Å²) in [5, 5.41) is 17.5. The Morgan fingerprint density at radius 1 is 1.11 bits per heavy atom. The number of nitriles is 1. The van der Waals surface area contributed by atoms with Crippen LogP contribution in [0.2, 0.25) is 0 Å². The fourth-order valence-electron chi connectivity index (χ4n) is 1.67. The zero-order valence-corrected chi connectivity index (χ0v) is 9.52. The fraction of sp³-hybridized carbons (Fsp3) is 0. The zero-order chi connectivity index (χ0) is 14.0. The molecule has 0 radical (unpaired) electrons. The molecule has 0 atom stereocenters. The molecule has 0 heterocycles. The first-order chi connectivity index (χ1) is 9.02. The van der Waals surface area contributed by atoms with Gasteiger partial charge in [-0.2, -0.15) is 5.26 Å². The van der Waals surface area contributed by atoms with Gasteiger partial charge in [0, 0.05) is 5.56 Å². The molecule has 0 aliphatic heterocycles. The SMILES string of the molecule is N#Cc1ccc(F)c(-c2ccc(C(=O)O)c(F)c2)c1. The fourth-order valence-corrected chi connectivity index (χ4v) is 1.67. The third-order valence-corrected chi connectivity index (χ3v) is 2.61. The van der Waals surface area contributed by atoms with E-state index in [4.69, 9.17) is 10.4 Å². The van der Waals surface area contributed by atoms with Crippen LogP contribution in [0, 0.1) is 23.0 Å². The highest BCUT2D eigenvalue weighted by atomic mass is 19.1. The number of benzene rings is 2. The molecule has 5 heteroatoms.